The highest BCUT2D eigenvalue weighted by Gasteiger charge is 2.16. The van der Waals surface area contributed by atoms with Gasteiger partial charge in [0.15, 0.2) is 0 Å². The van der Waals surface area contributed by atoms with Crippen molar-refractivity contribution in [1.82, 2.24) is 5.32 Å². The van der Waals surface area contributed by atoms with Crippen LogP contribution in [-0.2, 0) is 6.42 Å². The number of benzene rings is 1. The summed E-state index contributed by atoms with van der Waals surface area (Å²) in [6.45, 7) is 4.89. The standard InChI is InChI=1S/C15H17ClFNS/c1-3-18-13(14-8-10(2)15(16)19-14)9-11-6-4-5-7-12(11)17/h4-8,13,18H,3,9H2,1-2H3. The van der Waals surface area contributed by atoms with E-state index in [-0.39, 0.29) is 11.9 Å². The summed E-state index contributed by atoms with van der Waals surface area (Å²) in [6.07, 6.45) is 0.636. The van der Waals surface area contributed by atoms with Crippen LogP contribution in [0, 0.1) is 12.7 Å². The Morgan fingerprint density at radius 2 is 2.11 bits per heavy atom. The lowest BCUT2D eigenvalue weighted by molar-refractivity contribution is 0.534. The van der Waals surface area contributed by atoms with Crippen LogP contribution in [0.3, 0.4) is 0 Å². The topological polar surface area (TPSA) is 12.0 Å². The molecule has 0 fully saturated rings. The van der Waals surface area contributed by atoms with Crippen molar-refractivity contribution in [1.29, 1.82) is 0 Å². The summed E-state index contributed by atoms with van der Waals surface area (Å²) in [5, 5.41) is 3.40. The van der Waals surface area contributed by atoms with Gasteiger partial charge >= 0.3 is 0 Å². The molecule has 0 radical (unpaired) electrons. The van der Waals surface area contributed by atoms with Gasteiger partial charge in [-0.15, -0.1) is 11.3 Å². The summed E-state index contributed by atoms with van der Waals surface area (Å²) in [5.74, 6) is -0.148. The first-order valence-electron chi connectivity index (χ1n) is 6.34. The molecule has 19 heavy (non-hydrogen) atoms. The first-order valence-corrected chi connectivity index (χ1v) is 7.54. The van der Waals surface area contributed by atoms with Gasteiger partial charge in [-0.1, -0.05) is 36.7 Å². The Kier molecular flexibility index (Phi) is 4.97. The third kappa shape index (κ3) is 3.56. The smallest absolute Gasteiger partial charge is 0.126 e. The van der Waals surface area contributed by atoms with E-state index < -0.39 is 0 Å². The molecular weight excluding hydrogens is 281 g/mol. The van der Waals surface area contributed by atoms with Crippen LogP contribution in [0.15, 0.2) is 30.3 Å². The molecule has 0 spiro atoms. The minimum Gasteiger partial charge on any atom is -0.309 e. The van der Waals surface area contributed by atoms with Gasteiger partial charge in [0, 0.05) is 10.9 Å². The lowest BCUT2D eigenvalue weighted by Gasteiger charge is -2.16. The number of halogens is 2. The molecule has 0 aliphatic rings. The third-order valence-electron chi connectivity index (χ3n) is 3.05. The van der Waals surface area contributed by atoms with Gasteiger partial charge in [-0.25, -0.2) is 4.39 Å². The highest BCUT2D eigenvalue weighted by Crippen LogP contribution is 2.32. The predicted octanol–water partition coefficient (Wildman–Crippen LogP) is 4.74. The number of nitrogens with one attached hydrogen (secondary N) is 1. The number of hydrogen-bond donors (Lipinski definition) is 1. The normalized spacial score (nSPS) is 12.6. The van der Waals surface area contributed by atoms with Crippen molar-refractivity contribution in [2.45, 2.75) is 26.3 Å². The van der Waals surface area contributed by atoms with Crippen molar-refractivity contribution < 1.29 is 4.39 Å². The van der Waals surface area contributed by atoms with E-state index in [1.54, 1.807) is 17.4 Å². The van der Waals surface area contributed by atoms with Crippen molar-refractivity contribution in [3.8, 4) is 0 Å². The summed E-state index contributed by atoms with van der Waals surface area (Å²) in [4.78, 5) is 1.16. The van der Waals surface area contributed by atoms with Crippen molar-refractivity contribution in [3.05, 3.63) is 56.5 Å². The van der Waals surface area contributed by atoms with E-state index in [1.807, 2.05) is 19.1 Å². The summed E-state index contributed by atoms with van der Waals surface area (Å²) in [5.41, 5.74) is 1.81. The molecule has 102 valence electrons. The average molecular weight is 298 g/mol. The number of likely N-dealkylation sites (N-methyl/N-ethyl adjacent to an activating group) is 1. The summed E-state index contributed by atoms with van der Waals surface area (Å²) in [6, 6.07) is 9.12. The molecule has 1 N–H and O–H groups in total. The van der Waals surface area contributed by atoms with E-state index in [1.165, 1.54) is 6.07 Å². The Balaban J connectivity index is 2.23. The van der Waals surface area contributed by atoms with Crippen molar-refractivity contribution >= 4 is 22.9 Å². The van der Waals surface area contributed by atoms with Crippen molar-refractivity contribution in [2.24, 2.45) is 0 Å². The predicted molar refractivity (Wildman–Crippen MR) is 80.6 cm³/mol. The zero-order chi connectivity index (χ0) is 13.8. The van der Waals surface area contributed by atoms with Gasteiger partial charge in [0.05, 0.1) is 4.34 Å². The van der Waals surface area contributed by atoms with Gasteiger partial charge in [0.25, 0.3) is 0 Å². The van der Waals surface area contributed by atoms with Crippen LogP contribution < -0.4 is 5.32 Å². The summed E-state index contributed by atoms with van der Waals surface area (Å²) < 4.78 is 14.6. The van der Waals surface area contributed by atoms with Gasteiger partial charge in [-0.2, -0.15) is 0 Å². The molecule has 0 bridgehead atoms. The zero-order valence-corrected chi connectivity index (χ0v) is 12.6. The van der Waals surface area contributed by atoms with E-state index in [0.29, 0.717) is 6.42 Å². The average Bonchev–Trinajstić information content (AvgIpc) is 2.72. The van der Waals surface area contributed by atoms with Crippen LogP contribution in [0.4, 0.5) is 4.39 Å². The molecular formula is C15H17ClFNS. The molecule has 2 rings (SSSR count). The summed E-state index contributed by atoms with van der Waals surface area (Å²) in [7, 11) is 0. The fraction of sp³-hybridized carbons (Fsp3) is 0.333. The molecule has 0 saturated carbocycles. The van der Waals surface area contributed by atoms with Crippen LogP contribution in [0.2, 0.25) is 4.34 Å². The lowest BCUT2D eigenvalue weighted by atomic mass is 10.0. The molecule has 0 aliphatic heterocycles. The minimum atomic E-state index is -0.148. The van der Waals surface area contributed by atoms with Gasteiger partial charge in [-0.05, 0) is 43.1 Å². The van der Waals surface area contributed by atoms with Crippen molar-refractivity contribution in [2.75, 3.05) is 6.54 Å². The monoisotopic (exact) mass is 297 g/mol. The highest BCUT2D eigenvalue weighted by molar-refractivity contribution is 7.16. The first-order chi connectivity index (χ1) is 9.11. The Bertz CT molecular complexity index is 533. The minimum absolute atomic E-state index is 0.109. The Labute approximate surface area is 122 Å². The fourth-order valence-corrected chi connectivity index (χ4v) is 3.35. The van der Waals surface area contributed by atoms with Crippen LogP contribution in [0.5, 0.6) is 0 Å². The van der Waals surface area contributed by atoms with E-state index in [9.17, 15) is 4.39 Å². The molecule has 1 nitrogen and oxygen atoms in total. The van der Waals surface area contributed by atoms with Crippen LogP contribution >= 0.6 is 22.9 Å². The number of rotatable bonds is 5. The molecule has 1 aromatic heterocycles. The molecule has 1 aromatic carbocycles. The quantitative estimate of drug-likeness (QED) is 0.840. The van der Waals surface area contributed by atoms with E-state index in [0.717, 1.165) is 26.9 Å². The second-order valence-corrected chi connectivity index (χ2v) is 6.20. The highest BCUT2D eigenvalue weighted by atomic mass is 35.5. The molecule has 0 aliphatic carbocycles. The van der Waals surface area contributed by atoms with Crippen LogP contribution in [-0.4, -0.2) is 6.54 Å². The maximum Gasteiger partial charge on any atom is 0.126 e. The Hall–Kier alpha value is -0.900. The van der Waals surface area contributed by atoms with Crippen molar-refractivity contribution in [3.63, 3.8) is 0 Å². The maximum atomic E-state index is 13.7. The van der Waals surface area contributed by atoms with Gasteiger partial charge in [0.2, 0.25) is 0 Å². The zero-order valence-electron chi connectivity index (χ0n) is 11.0. The largest absolute Gasteiger partial charge is 0.309 e. The number of hydrogen-bond acceptors (Lipinski definition) is 2. The molecule has 1 unspecified atom stereocenters. The third-order valence-corrected chi connectivity index (χ3v) is 4.72. The summed E-state index contributed by atoms with van der Waals surface area (Å²) >= 11 is 7.69. The van der Waals surface area contributed by atoms with Gasteiger partial charge in [0.1, 0.15) is 5.82 Å². The van der Waals surface area contributed by atoms with E-state index in [4.69, 9.17) is 11.6 Å². The van der Waals surface area contributed by atoms with Gasteiger partial charge < -0.3 is 5.32 Å². The SMILES string of the molecule is CCNC(Cc1ccccc1F)c1cc(C)c(Cl)s1. The van der Waals surface area contributed by atoms with E-state index >= 15 is 0 Å². The van der Waals surface area contributed by atoms with Crippen LogP contribution in [0.25, 0.3) is 0 Å². The molecule has 2 aromatic rings. The van der Waals surface area contributed by atoms with Crippen LogP contribution in [0.1, 0.15) is 29.0 Å². The molecule has 0 saturated heterocycles. The second-order valence-electron chi connectivity index (χ2n) is 4.51. The maximum absolute atomic E-state index is 13.7. The number of thiophene rings is 1. The molecule has 0 amide bonds. The second kappa shape index (κ2) is 6.51. The fourth-order valence-electron chi connectivity index (χ4n) is 2.06. The Morgan fingerprint density at radius 1 is 1.37 bits per heavy atom. The van der Waals surface area contributed by atoms with E-state index in [2.05, 4.69) is 18.3 Å². The molecule has 4 heteroatoms. The van der Waals surface area contributed by atoms with Gasteiger partial charge in [-0.3, -0.25) is 0 Å². The molecule has 1 atom stereocenters. The number of aryl methyl sites for hydroxylation is 1. The first kappa shape index (κ1) is 14.5. The Morgan fingerprint density at radius 3 is 2.68 bits per heavy atom. The lowest BCUT2D eigenvalue weighted by Crippen LogP contribution is -2.22. The molecule has 1 heterocycles.